The van der Waals surface area contributed by atoms with Gasteiger partial charge in [0.25, 0.3) is 5.56 Å². The number of fused-ring (bicyclic) bond motifs is 1. The molecule has 2 N–H and O–H groups in total. The van der Waals surface area contributed by atoms with Crippen molar-refractivity contribution in [3.63, 3.8) is 0 Å². The zero-order chi connectivity index (χ0) is 22.0. The number of amides is 1. The van der Waals surface area contributed by atoms with Crippen LogP contribution in [-0.2, 0) is 10.5 Å². The Balaban J connectivity index is 1.68. The highest BCUT2D eigenvalue weighted by atomic mass is 32.2. The van der Waals surface area contributed by atoms with E-state index in [1.807, 2.05) is 38.1 Å². The molecule has 0 saturated heterocycles. The Labute approximate surface area is 183 Å². The summed E-state index contributed by atoms with van der Waals surface area (Å²) in [6.45, 7) is 3.84. The molecule has 0 radical (unpaired) electrons. The highest BCUT2D eigenvalue weighted by molar-refractivity contribution is 7.98. The molecule has 160 valence electrons. The van der Waals surface area contributed by atoms with E-state index in [2.05, 4.69) is 15.3 Å². The van der Waals surface area contributed by atoms with Crippen molar-refractivity contribution < 1.29 is 13.9 Å². The number of benzene rings is 2. The van der Waals surface area contributed by atoms with E-state index in [0.717, 1.165) is 5.56 Å². The minimum Gasteiger partial charge on any atom is -0.491 e. The van der Waals surface area contributed by atoms with Gasteiger partial charge in [0.2, 0.25) is 5.91 Å². The molecule has 3 aromatic rings. The van der Waals surface area contributed by atoms with Gasteiger partial charge in [0, 0.05) is 23.7 Å². The summed E-state index contributed by atoms with van der Waals surface area (Å²) >= 11 is 1.20. The number of hydrogen-bond acceptors (Lipinski definition) is 5. The SMILES string of the molecule is CC(C)Oc1ccccc1C1CC(=O)Nc2nc(SCc3ccccc3F)[nH]c(=O)c21. The molecule has 0 aliphatic carbocycles. The number of aromatic nitrogens is 2. The van der Waals surface area contributed by atoms with Crippen molar-refractivity contribution in [1.82, 2.24) is 9.97 Å². The van der Waals surface area contributed by atoms with Gasteiger partial charge >= 0.3 is 0 Å². The lowest BCUT2D eigenvalue weighted by Gasteiger charge is -2.26. The van der Waals surface area contributed by atoms with Gasteiger partial charge in [-0.15, -0.1) is 0 Å². The monoisotopic (exact) mass is 439 g/mol. The standard InChI is InChI=1S/C23H22FN3O3S/c1-13(2)30-18-10-6-4-8-15(18)16-11-19(28)25-21-20(16)22(29)27-23(26-21)31-12-14-7-3-5-9-17(14)24/h3-10,13,16H,11-12H2,1-2H3,(H2,25,26,27,28,29). The minimum absolute atomic E-state index is 0.0494. The van der Waals surface area contributed by atoms with E-state index in [-0.39, 0.29) is 35.6 Å². The van der Waals surface area contributed by atoms with Crippen LogP contribution in [0.1, 0.15) is 42.9 Å². The molecule has 1 unspecified atom stereocenters. The molecule has 1 aliphatic rings. The van der Waals surface area contributed by atoms with E-state index in [0.29, 0.717) is 27.8 Å². The van der Waals surface area contributed by atoms with Crippen LogP contribution in [0.5, 0.6) is 5.75 Å². The van der Waals surface area contributed by atoms with E-state index < -0.39 is 5.92 Å². The highest BCUT2D eigenvalue weighted by Crippen LogP contribution is 2.39. The second-order valence-corrected chi connectivity index (χ2v) is 8.49. The topological polar surface area (TPSA) is 84.1 Å². The normalized spacial score (nSPS) is 15.5. The van der Waals surface area contributed by atoms with Crippen LogP contribution in [0.4, 0.5) is 10.2 Å². The van der Waals surface area contributed by atoms with Crippen molar-refractivity contribution in [3.05, 3.63) is 81.4 Å². The van der Waals surface area contributed by atoms with Crippen molar-refractivity contribution >= 4 is 23.5 Å². The van der Waals surface area contributed by atoms with Crippen LogP contribution < -0.4 is 15.6 Å². The summed E-state index contributed by atoms with van der Waals surface area (Å²) in [5, 5.41) is 3.03. The number of nitrogens with one attached hydrogen (secondary N) is 2. The number of carbonyl (C=O) groups excluding carboxylic acids is 1. The lowest BCUT2D eigenvalue weighted by atomic mass is 9.86. The third kappa shape index (κ3) is 4.64. The van der Waals surface area contributed by atoms with E-state index in [1.165, 1.54) is 17.8 Å². The Morgan fingerprint density at radius 2 is 1.90 bits per heavy atom. The first kappa shape index (κ1) is 21.1. The summed E-state index contributed by atoms with van der Waals surface area (Å²) < 4.78 is 19.8. The first-order chi connectivity index (χ1) is 14.9. The number of halogens is 1. The number of anilines is 1. The Morgan fingerprint density at radius 1 is 1.16 bits per heavy atom. The van der Waals surface area contributed by atoms with Crippen molar-refractivity contribution in [2.24, 2.45) is 0 Å². The maximum absolute atomic E-state index is 13.9. The van der Waals surface area contributed by atoms with Crippen molar-refractivity contribution in [1.29, 1.82) is 0 Å². The average Bonchev–Trinajstić information content (AvgIpc) is 2.72. The van der Waals surface area contributed by atoms with Gasteiger partial charge in [-0.1, -0.05) is 48.2 Å². The van der Waals surface area contributed by atoms with Gasteiger partial charge in [-0.2, -0.15) is 0 Å². The molecule has 6 nitrogen and oxygen atoms in total. The fourth-order valence-electron chi connectivity index (χ4n) is 3.58. The molecule has 0 saturated carbocycles. The molecular weight excluding hydrogens is 417 g/mol. The lowest BCUT2D eigenvalue weighted by molar-refractivity contribution is -0.116. The van der Waals surface area contributed by atoms with Crippen LogP contribution in [0.25, 0.3) is 0 Å². The number of carbonyl (C=O) groups is 1. The zero-order valence-corrected chi connectivity index (χ0v) is 18.0. The highest BCUT2D eigenvalue weighted by Gasteiger charge is 2.32. The molecule has 2 heterocycles. The zero-order valence-electron chi connectivity index (χ0n) is 17.1. The largest absolute Gasteiger partial charge is 0.491 e. The fourth-order valence-corrected chi connectivity index (χ4v) is 4.42. The predicted molar refractivity (Wildman–Crippen MR) is 118 cm³/mol. The predicted octanol–water partition coefficient (Wildman–Crippen LogP) is 4.46. The van der Waals surface area contributed by atoms with Crippen LogP contribution in [0.3, 0.4) is 0 Å². The molecular formula is C23H22FN3O3S. The summed E-state index contributed by atoms with van der Waals surface area (Å²) in [5.74, 6) is 0.170. The maximum atomic E-state index is 13.9. The number of hydrogen-bond donors (Lipinski definition) is 2. The van der Waals surface area contributed by atoms with E-state index in [1.54, 1.807) is 18.2 Å². The van der Waals surface area contributed by atoms with Crippen molar-refractivity contribution in [2.45, 2.75) is 43.2 Å². The molecule has 1 amide bonds. The van der Waals surface area contributed by atoms with Crippen LogP contribution in [-0.4, -0.2) is 22.0 Å². The summed E-state index contributed by atoms with van der Waals surface area (Å²) in [6, 6.07) is 13.9. The first-order valence-electron chi connectivity index (χ1n) is 9.98. The Kier molecular flexibility index (Phi) is 6.08. The van der Waals surface area contributed by atoms with Gasteiger partial charge in [-0.05, 0) is 31.5 Å². The lowest BCUT2D eigenvalue weighted by Crippen LogP contribution is -2.31. The van der Waals surface area contributed by atoms with Gasteiger partial charge in [0.05, 0.1) is 11.7 Å². The number of thioether (sulfide) groups is 1. The van der Waals surface area contributed by atoms with E-state index in [9.17, 15) is 14.0 Å². The second-order valence-electron chi connectivity index (χ2n) is 7.52. The molecule has 8 heteroatoms. The third-order valence-electron chi connectivity index (χ3n) is 4.91. The Hall–Kier alpha value is -3.13. The summed E-state index contributed by atoms with van der Waals surface area (Å²) in [7, 11) is 0. The van der Waals surface area contributed by atoms with Gasteiger partial charge in [0.1, 0.15) is 17.4 Å². The summed E-state index contributed by atoms with van der Waals surface area (Å²) in [4.78, 5) is 32.7. The number of rotatable bonds is 6. The van der Waals surface area contributed by atoms with Crippen molar-refractivity contribution in [2.75, 3.05) is 5.32 Å². The molecule has 31 heavy (non-hydrogen) atoms. The van der Waals surface area contributed by atoms with Crippen LogP contribution >= 0.6 is 11.8 Å². The maximum Gasteiger partial charge on any atom is 0.257 e. The quantitative estimate of drug-likeness (QED) is 0.438. The van der Waals surface area contributed by atoms with Gasteiger partial charge in [0.15, 0.2) is 5.16 Å². The van der Waals surface area contributed by atoms with Gasteiger partial charge < -0.3 is 15.0 Å². The fraction of sp³-hybridized carbons (Fsp3) is 0.261. The molecule has 1 aromatic heterocycles. The van der Waals surface area contributed by atoms with Crippen LogP contribution in [0.2, 0.25) is 0 Å². The van der Waals surface area contributed by atoms with Gasteiger partial charge in [-0.3, -0.25) is 9.59 Å². The molecule has 0 spiro atoms. The number of H-pyrrole nitrogens is 1. The molecule has 0 bridgehead atoms. The summed E-state index contributed by atoms with van der Waals surface area (Å²) in [6.07, 6.45) is 0.0735. The number of para-hydroxylation sites is 1. The third-order valence-corrected chi connectivity index (χ3v) is 5.83. The molecule has 2 aromatic carbocycles. The Bertz CT molecular complexity index is 1180. The van der Waals surface area contributed by atoms with Crippen molar-refractivity contribution in [3.8, 4) is 5.75 Å². The van der Waals surface area contributed by atoms with Crippen LogP contribution in [0.15, 0.2) is 58.5 Å². The second kappa shape index (κ2) is 8.93. The van der Waals surface area contributed by atoms with Gasteiger partial charge in [-0.25, -0.2) is 9.37 Å². The molecule has 0 fully saturated rings. The summed E-state index contributed by atoms with van der Waals surface area (Å²) in [5.41, 5.74) is 1.35. The first-order valence-corrected chi connectivity index (χ1v) is 11.0. The van der Waals surface area contributed by atoms with E-state index >= 15 is 0 Å². The minimum atomic E-state index is -0.472. The number of nitrogens with zero attached hydrogens (tertiary/aromatic N) is 1. The smallest absolute Gasteiger partial charge is 0.257 e. The molecule has 1 aliphatic heterocycles. The number of aromatic amines is 1. The van der Waals surface area contributed by atoms with Crippen LogP contribution in [0, 0.1) is 5.82 Å². The Morgan fingerprint density at radius 3 is 2.68 bits per heavy atom. The number of ether oxygens (including phenoxy) is 1. The molecule has 4 rings (SSSR count). The molecule has 1 atom stereocenters. The van der Waals surface area contributed by atoms with E-state index in [4.69, 9.17) is 4.74 Å². The average molecular weight is 440 g/mol.